The summed E-state index contributed by atoms with van der Waals surface area (Å²) in [7, 11) is -3.75. The Morgan fingerprint density at radius 3 is 2.77 bits per heavy atom. The Balaban J connectivity index is 1.84. The molecule has 0 aliphatic rings. The van der Waals surface area contributed by atoms with Gasteiger partial charge in [-0.2, -0.15) is 0 Å². The Bertz CT molecular complexity index is 1060. The van der Waals surface area contributed by atoms with E-state index in [0.717, 1.165) is 11.1 Å². The predicted molar refractivity (Wildman–Crippen MR) is 105 cm³/mol. The van der Waals surface area contributed by atoms with Gasteiger partial charge in [-0.05, 0) is 42.8 Å². The lowest BCUT2D eigenvalue weighted by Crippen LogP contribution is -2.12. The minimum absolute atomic E-state index is 0.0795. The van der Waals surface area contributed by atoms with Gasteiger partial charge in [-0.25, -0.2) is 13.4 Å². The number of anilines is 2. The number of halogens is 1. The molecular weight excluding hydrogens is 394 g/mol. The first-order valence-corrected chi connectivity index (χ1v) is 10.5. The van der Waals surface area contributed by atoms with Crippen molar-refractivity contribution in [3.8, 4) is 0 Å². The average Bonchev–Trinajstić information content (AvgIpc) is 2.96. The molecule has 0 aliphatic heterocycles. The summed E-state index contributed by atoms with van der Waals surface area (Å²) in [4.78, 5) is 16.1. The molecule has 0 saturated heterocycles. The molecule has 26 heavy (non-hydrogen) atoms. The Labute approximate surface area is 160 Å². The minimum Gasteiger partial charge on any atom is -0.302 e. The molecule has 0 unspecified atom stereocenters. The highest BCUT2D eigenvalue weighted by Crippen LogP contribution is 2.29. The van der Waals surface area contributed by atoms with E-state index in [2.05, 4.69) is 15.0 Å². The van der Waals surface area contributed by atoms with Gasteiger partial charge in [0.15, 0.2) is 5.13 Å². The number of fused-ring (bicyclic) bond motifs is 1. The Kier molecular flexibility index (Phi) is 5.45. The molecule has 0 spiro atoms. The van der Waals surface area contributed by atoms with Crippen LogP contribution in [0.25, 0.3) is 10.2 Å². The molecule has 1 amide bonds. The number of benzene rings is 2. The van der Waals surface area contributed by atoms with E-state index in [1.54, 1.807) is 30.3 Å². The van der Waals surface area contributed by atoms with E-state index in [1.807, 2.05) is 6.92 Å². The number of rotatable bonds is 6. The Hall–Kier alpha value is -2.16. The van der Waals surface area contributed by atoms with Crippen molar-refractivity contribution in [2.24, 2.45) is 0 Å². The van der Waals surface area contributed by atoms with Crippen LogP contribution in [-0.2, 0) is 14.8 Å². The van der Waals surface area contributed by atoms with E-state index < -0.39 is 10.0 Å². The van der Waals surface area contributed by atoms with Gasteiger partial charge in [-0.3, -0.25) is 9.52 Å². The van der Waals surface area contributed by atoms with E-state index in [-0.39, 0.29) is 10.8 Å². The summed E-state index contributed by atoms with van der Waals surface area (Å²) in [6, 6.07) is 11.1. The number of hydrogen-bond acceptors (Lipinski definition) is 5. The highest BCUT2D eigenvalue weighted by molar-refractivity contribution is 7.92. The number of thiazole rings is 1. The van der Waals surface area contributed by atoms with Crippen LogP contribution >= 0.6 is 22.9 Å². The molecule has 2 N–H and O–H groups in total. The van der Waals surface area contributed by atoms with E-state index in [4.69, 9.17) is 11.6 Å². The number of carbonyl (C=O) groups excluding carboxylic acids is 1. The van der Waals surface area contributed by atoms with Gasteiger partial charge >= 0.3 is 0 Å². The van der Waals surface area contributed by atoms with Crippen molar-refractivity contribution in [1.29, 1.82) is 0 Å². The van der Waals surface area contributed by atoms with Crippen LogP contribution in [0.15, 0.2) is 47.4 Å². The van der Waals surface area contributed by atoms with Gasteiger partial charge in [0.2, 0.25) is 5.91 Å². The number of amides is 1. The van der Waals surface area contributed by atoms with Crippen molar-refractivity contribution in [3.05, 3.63) is 47.5 Å². The van der Waals surface area contributed by atoms with E-state index in [0.29, 0.717) is 27.8 Å². The van der Waals surface area contributed by atoms with Crippen LogP contribution in [0.5, 0.6) is 0 Å². The van der Waals surface area contributed by atoms with Crippen molar-refractivity contribution in [2.75, 3.05) is 10.0 Å². The van der Waals surface area contributed by atoms with Crippen molar-refractivity contribution in [3.63, 3.8) is 0 Å². The summed E-state index contributed by atoms with van der Waals surface area (Å²) in [6.45, 7) is 1.93. The monoisotopic (exact) mass is 409 g/mol. The molecule has 0 saturated carbocycles. The van der Waals surface area contributed by atoms with Crippen molar-refractivity contribution < 1.29 is 13.2 Å². The van der Waals surface area contributed by atoms with Gasteiger partial charge in [0.05, 0.1) is 20.8 Å². The first-order valence-electron chi connectivity index (χ1n) is 7.86. The molecular formula is C17H16ClN3O3S2. The first-order chi connectivity index (χ1) is 12.4. The quantitative estimate of drug-likeness (QED) is 0.627. The Morgan fingerprint density at radius 1 is 1.23 bits per heavy atom. The van der Waals surface area contributed by atoms with Gasteiger partial charge in [-0.15, -0.1) is 0 Å². The minimum atomic E-state index is -3.75. The third-order valence-corrected chi connectivity index (χ3v) is 6.04. The zero-order valence-electron chi connectivity index (χ0n) is 13.8. The van der Waals surface area contributed by atoms with Crippen LogP contribution < -0.4 is 10.0 Å². The second-order valence-electron chi connectivity index (χ2n) is 5.56. The number of sulfonamides is 1. The maximum absolute atomic E-state index is 12.5. The van der Waals surface area contributed by atoms with E-state index >= 15 is 0 Å². The lowest BCUT2D eigenvalue weighted by molar-refractivity contribution is -0.116. The lowest BCUT2D eigenvalue weighted by Gasteiger charge is -2.08. The molecule has 0 atom stereocenters. The molecule has 1 heterocycles. The zero-order chi connectivity index (χ0) is 18.7. The number of carbonyl (C=O) groups is 1. The van der Waals surface area contributed by atoms with Gasteiger partial charge in [-0.1, -0.05) is 35.9 Å². The first kappa shape index (κ1) is 18.6. The average molecular weight is 410 g/mol. The summed E-state index contributed by atoms with van der Waals surface area (Å²) in [5.41, 5.74) is 0.988. The summed E-state index contributed by atoms with van der Waals surface area (Å²) in [6.07, 6.45) is 1.19. The fraction of sp³-hybridized carbons (Fsp3) is 0.176. The third kappa shape index (κ3) is 4.32. The van der Waals surface area contributed by atoms with Crippen LogP contribution in [0.3, 0.4) is 0 Å². The fourth-order valence-corrected chi connectivity index (χ4v) is 4.51. The number of nitrogens with zero attached hydrogens (tertiary/aromatic N) is 1. The van der Waals surface area contributed by atoms with Crippen LogP contribution in [0.4, 0.5) is 10.8 Å². The van der Waals surface area contributed by atoms with Gasteiger partial charge in [0.25, 0.3) is 10.0 Å². The second-order valence-corrected chi connectivity index (χ2v) is 8.71. The molecule has 1 aromatic heterocycles. The van der Waals surface area contributed by atoms with E-state index in [9.17, 15) is 13.2 Å². The zero-order valence-corrected chi connectivity index (χ0v) is 16.2. The third-order valence-electron chi connectivity index (χ3n) is 3.47. The topological polar surface area (TPSA) is 88.2 Å². The summed E-state index contributed by atoms with van der Waals surface area (Å²) >= 11 is 7.20. The van der Waals surface area contributed by atoms with Crippen molar-refractivity contribution in [2.45, 2.75) is 24.7 Å². The maximum Gasteiger partial charge on any atom is 0.261 e. The number of aromatic nitrogens is 1. The van der Waals surface area contributed by atoms with Crippen LogP contribution in [0.2, 0.25) is 5.02 Å². The molecule has 2 aromatic carbocycles. The fourth-order valence-electron chi connectivity index (χ4n) is 2.30. The van der Waals surface area contributed by atoms with Crippen LogP contribution in [-0.4, -0.2) is 19.3 Å². The number of nitrogens with one attached hydrogen (secondary N) is 2. The highest BCUT2D eigenvalue weighted by atomic mass is 35.5. The molecule has 0 aliphatic carbocycles. The predicted octanol–water partition coefficient (Wildman–Crippen LogP) is 4.49. The molecule has 3 aromatic rings. The SMILES string of the molecule is CCCC(=O)Nc1nc2cc(NS(=O)(=O)c3cccc(Cl)c3)ccc2s1. The van der Waals surface area contributed by atoms with Gasteiger partial charge in [0, 0.05) is 11.4 Å². The Morgan fingerprint density at radius 2 is 2.04 bits per heavy atom. The van der Waals surface area contributed by atoms with Gasteiger partial charge in [0.1, 0.15) is 0 Å². The highest BCUT2D eigenvalue weighted by Gasteiger charge is 2.15. The largest absolute Gasteiger partial charge is 0.302 e. The molecule has 0 bridgehead atoms. The number of hydrogen-bond donors (Lipinski definition) is 2. The standard InChI is InChI=1S/C17H16ClN3O3S2/c1-2-4-16(22)20-17-19-14-10-12(7-8-15(14)25-17)21-26(23,24)13-6-3-5-11(18)9-13/h3,5-10,21H,2,4H2,1H3,(H,19,20,22). The van der Waals surface area contributed by atoms with Crippen molar-refractivity contribution in [1.82, 2.24) is 4.98 Å². The maximum atomic E-state index is 12.5. The van der Waals surface area contributed by atoms with Gasteiger partial charge < -0.3 is 5.32 Å². The molecule has 0 radical (unpaired) electrons. The summed E-state index contributed by atoms with van der Waals surface area (Å²) < 4.78 is 28.3. The van der Waals surface area contributed by atoms with Crippen LogP contribution in [0.1, 0.15) is 19.8 Å². The van der Waals surface area contributed by atoms with E-state index in [1.165, 1.54) is 23.5 Å². The second kappa shape index (κ2) is 7.61. The van der Waals surface area contributed by atoms with Crippen LogP contribution in [0, 0.1) is 0 Å². The molecule has 9 heteroatoms. The normalized spacial score (nSPS) is 11.5. The molecule has 6 nitrogen and oxygen atoms in total. The lowest BCUT2D eigenvalue weighted by atomic mass is 10.3. The molecule has 3 rings (SSSR count). The molecule has 0 fully saturated rings. The van der Waals surface area contributed by atoms with Crippen molar-refractivity contribution >= 4 is 59.9 Å². The summed E-state index contributed by atoms with van der Waals surface area (Å²) in [5, 5.41) is 3.58. The summed E-state index contributed by atoms with van der Waals surface area (Å²) in [5.74, 6) is -0.0894. The smallest absolute Gasteiger partial charge is 0.261 e. The molecule has 136 valence electrons.